The number of unbranched alkanes of at least 4 members (excludes halogenated alkanes) is 12. The van der Waals surface area contributed by atoms with Gasteiger partial charge in [0.2, 0.25) is 0 Å². The molecule has 0 aromatic rings. The van der Waals surface area contributed by atoms with Crippen molar-refractivity contribution in [2.75, 3.05) is 0 Å². The average Bonchev–Trinajstić information content (AvgIpc) is 2.34. The van der Waals surface area contributed by atoms with Crippen LogP contribution < -0.4 is 0 Å². The number of hydrogen-bond donors (Lipinski definition) is 1. The Balaban J connectivity index is 0. The van der Waals surface area contributed by atoms with Crippen molar-refractivity contribution in [3.05, 3.63) is 0 Å². The van der Waals surface area contributed by atoms with Gasteiger partial charge in [0, 0.05) is 6.42 Å². The van der Waals surface area contributed by atoms with Crippen LogP contribution in [0.1, 0.15) is 96.8 Å². The summed E-state index contributed by atoms with van der Waals surface area (Å²) in [5, 5.41) is 8.49. The van der Waals surface area contributed by atoms with Crippen LogP contribution in [0.4, 0.5) is 4.70 Å². The molecule has 0 rings (SSSR count). The van der Waals surface area contributed by atoms with Crippen LogP contribution in [-0.4, -0.2) is 11.1 Å². The maximum Gasteiger partial charge on any atom is 0.303 e. The minimum Gasteiger partial charge on any atom is -0.481 e. The molecule has 0 fully saturated rings. The van der Waals surface area contributed by atoms with Crippen LogP contribution in [-0.2, 0) is 4.79 Å². The number of aliphatic carboxylic acids is 1. The molecule has 0 saturated carbocycles. The van der Waals surface area contributed by atoms with Gasteiger partial charge in [-0.25, -0.2) is 0 Å². The SMILES string of the molecule is CCCCCCCCCCCCCCCC(=O)O.F. The van der Waals surface area contributed by atoms with Gasteiger partial charge in [-0.1, -0.05) is 84.0 Å². The summed E-state index contributed by atoms with van der Waals surface area (Å²) in [5.74, 6) is -0.655. The van der Waals surface area contributed by atoms with Crippen molar-refractivity contribution in [2.24, 2.45) is 0 Å². The Hall–Kier alpha value is -0.600. The summed E-state index contributed by atoms with van der Waals surface area (Å²) < 4.78 is 0. The maximum absolute atomic E-state index is 10.3. The predicted molar refractivity (Wildman–Crippen MR) is 80.5 cm³/mol. The van der Waals surface area contributed by atoms with Crippen LogP contribution >= 0.6 is 0 Å². The second-order valence-corrected chi connectivity index (χ2v) is 5.39. The Labute approximate surface area is 118 Å². The fourth-order valence-corrected chi connectivity index (χ4v) is 2.29. The summed E-state index contributed by atoms with van der Waals surface area (Å²) in [5.41, 5.74) is 0. The minimum absolute atomic E-state index is 0. The molecule has 0 aromatic heterocycles. The van der Waals surface area contributed by atoms with Crippen LogP contribution in [0.5, 0.6) is 0 Å². The Kier molecular flexibility index (Phi) is 19.0. The van der Waals surface area contributed by atoms with Gasteiger partial charge in [-0.15, -0.1) is 0 Å². The summed E-state index contributed by atoms with van der Waals surface area (Å²) in [6, 6.07) is 0. The van der Waals surface area contributed by atoms with Gasteiger partial charge in [-0.3, -0.25) is 9.50 Å². The third kappa shape index (κ3) is 19.9. The van der Waals surface area contributed by atoms with E-state index in [1.165, 1.54) is 70.6 Å². The molecule has 3 heteroatoms. The smallest absolute Gasteiger partial charge is 0.303 e. The number of carboxylic acids is 1. The number of carbonyl (C=O) groups is 1. The van der Waals surface area contributed by atoms with Crippen LogP contribution in [0.15, 0.2) is 0 Å². The highest BCUT2D eigenvalue weighted by molar-refractivity contribution is 5.66. The van der Waals surface area contributed by atoms with Crippen LogP contribution in [0, 0.1) is 0 Å². The number of rotatable bonds is 14. The molecule has 0 aliphatic carbocycles. The molecule has 0 aliphatic rings. The van der Waals surface area contributed by atoms with Gasteiger partial charge in [0.1, 0.15) is 0 Å². The fourth-order valence-electron chi connectivity index (χ4n) is 2.29. The van der Waals surface area contributed by atoms with E-state index in [-0.39, 0.29) is 4.70 Å². The van der Waals surface area contributed by atoms with Gasteiger partial charge in [0.05, 0.1) is 0 Å². The molecular formula is C16H33FO2. The first-order valence-electron chi connectivity index (χ1n) is 7.99. The Morgan fingerprint density at radius 3 is 1.32 bits per heavy atom. The van der Waals surface area contributed by atoms with E-state index in [0.717, 1.165) is 12.8 Å². The normalized spacial score (nSPS) is 10.2. The standard InChI is InChI=1S/C16H32O2.FH/c1-2-3-4-5-6-7-8-9-10-11-12-13-14-15-16(17)18;/h2-15H2,1H3,(H,17,18);1H. The van der Waals surface area contributed by atoms with Gasteiger partial charge in [0.25, 0.3) is 0 Å². The van der Waals surface area contributed by atoms with Crippen molar-refractivity contribution in [2.45, 2.75) is 96.8 Å². The summed E-state index contributed by atoms with van der Waals surface area (Å²) >= 11 is 0. The Morgan fingerprint density at radius 1 is 0.684 bits per heavy atom. The Morgan fingerprint density at radius 2 is 1.00 bits per heavy atom. The van der Waals surface area contributed by atoms with Gasteiger partial charge < -0.3 is 5.11 Å². The lowest BCUT2D eigenvalue weighted by atomic mass is 10.0. The molecule has 0 aliphatic heterocycles. The zero-order valence-corrected chi connectivity index (χ0v) is 12.7. The number of carboxylic acid groups (broad SMARTS) is 1. The van der Waals surface area contributed by atoms with E-state index in [9.17, 15) is 4.79 Å². The third-order valence-electron chi connectivity index (χ3n) is 3.49. The van der Waals surface area contributed by atoms with E-state index in [4.69, 9.17) is 5.11 Å². The highest BCUT2D eigenvalue weighted by Crippen LogP contribution is 2.12. The maximum atomic E-state index is 10.3. The second-order valence-electron chi connectivity index (χ2n) is 5.39. The summed E-state index contributed by atoms with van der Waals surface area (Å²) in [6.07, 6.45) is 17.3. The summed E-state index contributed by atoms with van der Waals surface area (Å²) in [7, 11) is 0. The van der Waals surface area contributed by atoms with Crippen molar-refractivity contribution in [1.82, 2.24) is 0 Å². The molecule has 0 radical (unpaired) electrons. The van der Waals surface area contributed by atoms with Crippen molar-refractivity contribution in [1.29, 1.82) is 0 Å². The third-order valence-corrected chi connectivity index (χ3v) is 3.49. The number of halogens is 1. The van der Waals surface area contributed by atoms with E-state index in [1.807, 2.05) is 0 Å². The van der Waals surface area contributed by atoms with Crippen molar-refractivity contribution >= 4 is 5.97 Å². The lowest BCUT2D eigenvalue weighted by molar-refractivity contribution is -0.137. The highest BCUT2D eigenvalue weighted by atomic mass is 19.0. The van der Waals surface area contributed by atoms with Gasteiger partial charge in [0.15, 0.2) is 0 Å². The molecule has 0 atom stereocenters. The van der Waals surface area contributed by atoms with Crippen LogP contribution in [0.3, 0.4) is 0 Å². The van der Waals surface area contributed by atoms with Gasteiger partial charge >= 0.3 is 5.97 Å². The van der Waals surface area contributed by atoms with Crippen LogP contribution in [0.2, 0.25) is 0 Å². The van der Waals surface area contributed by atoms with E-state index >= 15 is 0 Å². The lowest BCUT2D eigenvalue weighted by Crippen LogP contribution is -1.93. The van der Waals surface area contributed by atoms with Crippen molar-refractivity contribution in [3.63, 3.8) is 0 Å². The van der Waals surface area contributed by atoms with E-state index in [1.54, 1.807) is 0 Å². The zero-order chi connectivity index (χ0) is 13.5. The number of hydrogen-bond acceptors (Lipinski definition) is 1. The molecule has 0 spiro atoms. The molecule has 0 bridgehead atoms. The largest absolute Gasteiger partial charge is 0.481 e. The predicted octanol–water partition coefficient (Wildman–Crippen LogP) is 5.70. The fraction of sp³-hybridized carbons (Fsp3) is 0.938. The monoisotopic (exact) mass is 276 g/mol. The molecule has 0 unspecified atom stereocenters. The van der Waals surface area contributed by atoms with Gasteiger partial charge in [-0.05, 0) is 6.42 Å². The van der Waals surface area contributed by atoms with Crippen LogP contribution in [0.25, 0.3) is 0 Å². The average molecular weight is 276 g/mol. The quantitative estimate of drug-likeness (QED) is 0.413. The summed E-state index contributed by atoms with van der Waals surface area (Å²) in [4.78, 5) is 10.3. The van der Waals surface area contributed by atoms with E-state index < -0.39 is 5.97 Å². The molecule has 0 amide bonds. The first kappa shape index (κ1) is 20.7. The van der Waals surface area contributed by atoms with Crippen molar-refractivity contribution < 1.29 is 14.6 Å². The molecule has 116 valence electrons. The summed E-state index contributed by atoms with van der Waals surface area (Å²) in [6.45, 7) is 2.26. The molecule has 0 heterocycles. The Bertz CT molecular complexity index is 184. The molecule has 1 N–H and O–H groups in total. The first-order valence-corrected chi connectivity index (χ1v) is 7.99. The molecule has 0 saturated heterocycles. The van der Waals surface area contributed by atoms with E-state index in [2.05, 4.69) is 6.92 Å². The topological polar surface area (TPSA) is 37.3 Å². The molecule has 19 heavy (non-hydrogen) atoms. The van der Waals surface area contributed by atoms with Gasteiger partial charge in [-0.2, -0.15) is 0 Å². The van der Waals surface area contributed by atoms with Crippen molar-refractivity contribution in [3.8, 4) is 0 Å². The van der Waals surface area contributed by atoms with E-state index in [0.29, 0.717) is 6.42 Å². The lowest BCUT2D eigenvalue weighted by Gasteiger charge is -2.02. The molecule has 2 nitrogen and oxygen atoms in total. The first-order chi connectivity index (χ1) is 8.77. The zero-order valence-electron chi connectivity index (χ0n) is 12.7. The minimum atomic E-state index is -0.655. The molecular weight excluding hydrogens is 243 g/mol. The second kappa shape index (κ2) is 17.4. The molecule has 0 aromatic carbocycles. The highest BCUT2D eigenvalue weighted by Gasteiger charge is 1.96.